The molecule has 2 aromatic rings. The van der Waals surface area contributed by atoms with Crippen molar-refractivity contribution in [1.29, 1.82) is 0 Å². The molecule has 2 atom stereocenters. The molecule has 0 amide bonds. The quantitative estimate of drug-likeness (QED) is 0.931. The van der Waals surface area contributed by atoms with Crippen molar-refractivity contribution in [1.82, 2.24) is 4.98 Å². The van der Waals surface area contributed by atoms with E-state index in [1.807, 2.05) is 0 Å². The zero-order valence-corrected chi connectivity index (χ0v) is 10.8. The number of aromatic nitrogens is 1. The molecule has 20 heavy (non-hydrogen) atoms. The van der Waals surface area contributed by atoms with Crippen LogP contribution in [0.4, 0.5) is 13.2 Å². The molecule has 2 nitrogen and oxygen atoms in total. The van der Waals surface area contributed by atoms with Crippen molar-refractivity contribution in [2.24, 2.45) is 0 Å². The van der Waals surface area contributed by atoms with Gasteiger partial charge in [0.05, 0.1) is 0 Å². The monoisotopic (exact) mass is 281 g/mol. The molecule has 1 aromatic heterocycles. The second-order valence-corrected chi connectivity index (χ2v) is 4.61. The molecule has 1 N–H and O–H groups in total. The molecule has 0 fully saturated rings. The maximum absolute atomic E-state index is 13.4. The molecule has 2 rings (SSSR count). The van der Waals surface area contributed by atoms with Crippen molar-refractivity contribution in [3.63, 3.8) is 0 Å². The molecule has 0 spiro atoms. The number of hydrogen-bond acceptors (Lipinski definition) is 2. The number of rotatable bonds is 3. The summed E-state index contributed by atoms with van der Waals surface area (Å²) in [5, 5.41) is 10.4. The largest absolute Gasteiger partial charge is 0.422 e. The van der Waals surface area contributed by atoms with E-state index < -0.39 is 17.7 Å². The van der Waals surface area contributed by atoms with Crippen LogP contribution in [0.5, 0.6) is 0 Å². The fourth-order valence-electron chi connectivity index (χ4n) is 2.20. The Bertz CT molecular complexity index is 556. The summed E-state index contributed by atoms with van der Waals surface area (Å²) in [4.78, 5) is 3.92. The van der Waals surface area contributed by atoms with E-state index in [-0.39, 0.29) is 11.3 Å². The summed E-state index contributed by atoms with van der Waals surface area (Å²) in [6.45, 7) is 1.32. The highest BCUT2D eigenvalue weighted by molar-refractivity contribution is 5.29. The number of hydrogen-bond donors (Lipinski definition) is 1. The van der Waals surface area contributed by atoms with E-state index in [9.17, 15) is 18.3 Å². The highest BCUT2D eigenvalue weighted by Gasteiger charge is 2.58. The number of halogens is 3. The third-order valence-corrected chi connectivity index (χ3v) is 3.40. The van der Waals surface area contributed by atoms with E-state index in [0.29, 0.717) is 0 Å². The zero-order valence-electron chi connectivity index (χ0n) is 10.8. The summed E-state index contributed by atoms with van der Waals surface area (Å²) in [6, 6.07) is 11.8. The number of benzene rings is 1. The molecule has 0 aliphatic heterocycles. The van der Waals surface area contributed by atoms with Crippen molar-refractivity contribution < 1.29 is 18.3 Å². The van der Waals surface area contributed by atoms with E-state index in [1.165, 1.54) is 43.5 Å². The Morgan fingerprint density at radius 1 is 1.00 bits per heavy atom. The first-order chi connectivity index (χ1) is 9.37. The molecule has 0 bridgehead atoms. The van der Waals surface area contributed by atoms with Gasteiger partial charge in [-0.1, -0.05) is 43.3 Å². The van der Waals surface area contributed by atoms with E-state index in [4.69, 9.17) is 0 Å². The Labute approximate surface area is 114 Å². The summed E-state index contributed by atoms with van der Waals surface area (Å²) >= 11 is 0. The van der Waals surface area contributed by atoms with Crippen LogP contribution in [0, 0.1) is 0 Å². The second-order valence-electron chi connectivity index (χ2n) is 4.61. The van der Waals surface area contributed by atoms with E-state index >= 15 is 0 Å². The van der Waals surface area contributed by atoms with Gasteiger partial charge in [-0.25, -0.2) is 0 Å². The molecule has 106 valence electrons. The van der Waals surface area contributed by atoms with Crippen LogP contribution >= 0.6 is 0 Å². The van der Waals surface area contributed by atoms with Gasteiger partial charge < -0.3 is 5.11 Å². The summed E-state index contributed by atoms with van der Waals surface area (Å²) in [5.74, 6) is -1.22. The van der Waals surface area contributed by atoms with Crippen LogP contribution < -0.4 is 0 Å². The van der Waals surface area contributed by atoms with Crippen molar-refractivity contribution in [3.05, 3.63) is 66.0 Å². The Morgan fingerprint density at radius 3 is 2.10 bits per heavy atom. The average Bonchev–Trinajstić information content (AvgIpc) is 2.46. The van der Waals surface area contributed by atoms with E-state index in [1.54, 1.807) is 18.2 Å². The summed E-state index contributed by atoms with van der Waals surface area (Å²) in [6.07, 6.45) is -3.39. The zero-order chi connectivity index (χ0) is 14.8. The van der Waals surface area contributed by atoms with Gasteiger partial charge in [-0.05, 0) is 17.7 Å². The normalized spacial score (nSPS) is 16.4. The van der Waals surface area contributed by atoms with Gasteiger partial charge >= 0.3 is 6.18 Å². The smallest absolute Gasteiger partial charge is 0.376 e. The maximum atomic E-state index is 13.4. The third kappa shape index (κ3) is 2.41. The number of nitrogens with zero attached hydrogens (tertiary/aromatic N) is 1. The summed E-state index contributed by atoms with van der Waals surface area (Å²) < 4.78 is 40.3. The lowest BCUT2D eigenvalue weighted by molar-refractivity contribution is -0.274. The van der Waals surface area contributed by atoms with Gasteiger partial charge in [0.1, 0.15) is 0 Å². The van der Waals surface area contributed by atoms with Gasteiger partial charge in [-0.2, -0.15) is 13.2 Å². The van der Waals surface area contributed by atoms with Crippen LogP contribution in [0.3, 0.4) is 0 Å². The fourth-order valence-corrected chi connectivity index (χ4v) is 2.20. The molecule has 1 heterocycles. The summed E-state index contributed by atoms with van der Waals surface area (Å²) in [7, 11) is 0. The molecular weight excluding hydrogens is 267 g/mol. The molecule has 1 aromatic carbocycles. The summed E-state index contributed by atoms with van der Waals surface area (Å²) in [5.41, 5.74) is -2.97. The van der Waals surface area contributed by atoms with Crippen LogP contribution in [0.15, 0.2) is 54.7 Å². The van der Waals surface area contributed by atoms with Gasteiger partial charge in [-0.15, -0.1) is 0 Å². The van der Waals surface area contributed by atoms with Gasteiger partial charge in [0, 0.05) is 17.8 Å². The number of aliphatic hydroxyl groups is 1. The number of pyridine rings is 1. The lowest BCUT2D eigenvalue weighted by Gasteiger charge is -2.36. The lowest BCUT2D eigenvalue weighted by Crippen LogP contribution is -2.46. The van der Waals surface area contributed by atoms with Crippen molar-refractivity contribution >= 4 is 0 Å². The average molecular weight is 281 g/mol. The molecule has 0 saturated carbocycles. The molecule has 0 aliphatic rings. The molecular formula is C15H14F3NO. The molecule has 5 heteroatoms. The standard InChI is InChI=1S/C15H14F3NO/c1-11(13-9-5-6-10-19-13)14(20,15(16,17)18)12-7-3-2-4-8-12/h2-11,20H,1H3/t11-,14-/m1/s1. The first-order valence-electron chi connectivity index (χ1n) is 6.13. The van der Waals surface area contributed by atoms with Crippen LogP contribution in [0.1, 0.15) is 24.1 Å². The first-order valence-corrected chi connectivity index (χ1v) is 6.13. The van der Waals surface area contributed by atoms with Gasteiger partial charge in [0.25, 0.3) is 0 Å². The Morgan fingerprint density at radius 2 is 1.60 bits per heavy atom. The van der Waals surface area contributed by atoms with Gasteiger partial charge in [-0.3, -0.25) is 4.98 Å². The van der Waals surface area contributed by atoms with Crippen molar-refractivity contribution in [2.45, 2.75) is 24.6 Å². The Hall–Kier alpha value is -1.88. The van der Waals surface area contributed by atoms with Crippen LogP contribution in [-0.2, 0) is 5.60 Å². The van der Waals surface area contributed by atoms with E-state index in [0.717, 1.165) is 0 Å². The van der Waals surface area contributed by atoms with Crippen molar-refractivity contribution in [3.8, 4) is 0 Å². The number of alkyl halides is 3. The molecule has 0 aliphatic carbocycles. The highest BCUT2D eigenvalue weighted by Crippen LogP contribution is 2.47. The van der Waals surface area contributed by atoms with Gasteiger partial charge in [0.15, 0.2) is 5.60 Å². The second kappa shape index (κ2) is 5.25. The highest BCUT2D eigenvalue weighted by atomic mass is 19.4. The minimum atomic E-state index is -4.80. The Balaban J connectivity index is 2.54. The minimum absolute atomic E-state index is 0.189. The molecule has 0 unspecified atom stereocenters. The molecule has 0 radical (unpaired) electrons. The van der Waals surface area contributed by atoms with Crippen LogP contribution in [-0.4, -0.2) is 16.3 Å². The molecule has 0 saturated heterocycles. The van der Waals surface area contributed by atoms with Crippen molar-refractivity contribution in [2.75, 3.05) is 0 Å². The third-order valence-electron chi connectivity index (χ3n) is 3.40. The fraction of sp³-hybridized carbons (Fsp3) is 0.267. The predicted molar refractivity (Wildman–Crippen MR) is 69.0 cm³/mol. The maximum Gasteiger partial charge on any atom is 0.422 e. The van der Waals surface area contributed by atoms with Crippen LogP contribution in [0.25, 0.3) is 0 Å². The Kier molecular flexibility index (Phi) is 3.81. The lowest BCUT2D eigenvalue weighted by atomic mass is 9.79. The topological polar surface area (TPSA) is 33.1 Å². The minimum Gasteiger partial charge on any atom is -0.376 e. The van der Waals surface area contributed by atoms with Crippen LogP contribution in [0.2, 0.25) is 0 Å². The van der Waals surface area contributed by atoms with Gasteiger partial charge in [0.2, 0.25) is 0 Å². The predicted octanol–water partition coefficient (Wildman–Crippen LogP) is 3.64. The SMILES string of the molecule is C[C@H](c1ccccn1)[C@@](O)(c1ccccc1)C(F)(F)F. The van der Waals surface area contributed by atoms with E-state index in [2.05, 4.69) is 4.98 Å². The first kappa shape index (κ1) is 14.5.